The van der Waals surface area contributed by atoms with Crippen LogP contribution in [0.1, 0.15) is 12.8 Å². The van der Waals surface area contributed by atoms with Gasteiger partial charge in [-0.1, -0.05) is 0 Å². The van der Waals surface area contributed by atoms with Gasteiger partial charge in [-0.05, 0) is 24.3 Å². The van der Waals surface area contributed by atoms with Crippen LogP contribution in [-0.4, -0.2) is 45.5 Å². The lowest BCUT2D eigenvalue weighted by atomic mass is 9.97. The zero-order valence-electron chi connectivity index (χ0n) is 8.90. The molecule has 2 atom stereocenters. The molecule has 0 aromatic heterocycles. The summed E-state index contributed by atoms with van der Waals surface area (Å²) in [6.45, 7) is 0. The first-order valence-corrected chi connectivity index (χ1v) is 7.66. The number of carboxylic acids is 1. The van der Waals surface area contributed by atoms with E-state index in [-0.39, 0.29) is 11.8 Å². The van der Waals surface area contributed by atoms with Gasteiger partial charge < -0.3 is 10.4 Å². The third-order valence-corrected chi connectivity index (χ3v) is 5.45. The molecule has 0 saturated carbocycles. The Bertz CT molecular complexity index is 296. The quantitative estimate of drug-likeness (QED) is 0.787. The Labute approximate surface area is 103 Å². The maximum Gasteiger partial charge on any atom is 0.330 e. The van der Waals surface area contributed by atoms with Gasteiger partial charge in [-0.25, -0.2) is 4.79 Å². The van der Waals surface area contributed by atoms with Crippen molar-refractivity contribution < 1.29 is 14.7 Å². The summed E-state index contributed by atoms with van der Waals surface area (Å²) in [6, 6.07) is 0. The smallest absolute Gasteiger partial charge is 0.330 e. The van der Waals surface area contributed by atoms with Gasteiger partial charge in [-0.2, -0.15) is 23.5 Å². The van der Waals surface area contributed by atoms with Gasteiger partial charge in [-0.15, -0.1) is 0 Å². The highest BCUT2D eigenvalue weighted by Gasteiger charge is 2.44. The molecule has 1 amide bonds. The minimum absolute atomic E-state index is 0.00632. The van der Waals surface area contributed by atoms with Crippen LogP contribution >= 0.6 is 23.5 Å². The molecule has 2 heterocycles. The molecule has 6 heteroatoms. The topological polar surface area (TPSA) is 66.4 Å². The number of hydrogen-bond donors (Lipinski definition) is 2. The zero-order valence-corrected chi connectivity index (χ0v) is 10.5. The Kier molecular flexibility index (Phi) is 3.69. The molecule has 0 bridgehead atoms. The van der Waals surface area contributed by atoms with Crippen LogP contribution in [0, 0.1) is 5.92 Å². The highest BCUT2D eigenvalue weighted by Crippen LogP contribution is 2.30. The molecule has 0 spiro atoms. The molecule has 0 aliphatic carbocycles. The first-order valence-electron chi connectivity index (χ1n) is 5.35. The molecule has 2 unspecified atom stereocenters. The van der Waals surface area contributed by atoms with E-state index < -0.39 is 11.5 Å². The van der Waals surface area contributed by atoms with E-state index in [0.29, 0.717) is 12.2 Å². The fourth-order valence-electron chi connectivity index (χ4n) is 1.96. The van der Waals surface area contributed by atoms with Crippen molar-refractivity contribution in [1.29, 1.82) is 0 Å². The monoisotopic (exact) mass is 261 g/mol. The second-order valence-corrected chi connectivity index (χ2v) is 6.49. The van der Waals surface area contributed by atoms with E-state index in [9.17, 15) is 14.7 Å². The third-order valence-electron chi connectivity index (χ3n) is 3.09. The van der Waals surface area contributed by atoms with Crippen LogP contribution in [0.4, 0.5) is 0 Å². The van der Waals surface area contributed by atoms with E-state index in [1.807, 2.05) is 0 Å². The summed E-state index contributed by atoms with van der Waals surface area (Å²) < 4.78 is 0. The number of carbonyl (C=O) groups is 2. The summed E-state index contributed by atoms with van der Waals surface area (Å²) in [5, 5.41) is 12.0. The first-order chi connectivity index (χ1) is 7.64. The Hall–Kier alpha value is -0.360. The second-order valence-electron chi connectivity index (χ2n) is 4.24. The number of nitrogens with one attached hydrogen (secondary N) is 1. The number of hydrogen-bond acceptors (Lipinski definition) is 4. The molecule has 0 aromatic rings. The van der Waals surface area contributed by atoms with E-state index in [2.05, 4.69) is 5.32 Å². The standard InChI is InChI=1S/C10H15NO3S2/c12-8(7-1-3-15-5-7)11-10(9(13)14)2-4-16-6-10/h7H,1-6H2,(H,11,12)(H,13,14). The molecule has 2 aliphatic heterocycles. The molecule has 0 aromatic carbocycles. The number of carboxylic acid groups (broad SMARTS) is 1. The first kappa shape index (κ1) is 12.1. The molecule has 16 heavy (non-hydrogen) atoms. The average Bonchev–Trinajstić information content (AvgIpc) is 2.88. The van der Waals surface area contributed by atoms with Crippen molar-refractivity contribution in [1.82, 2.24) is 5.32 Å². The number of aliphatic carboxylic acids is 1. The lowest BCUT2D eigenvalue weighted by molar-refractivity contribution is -0.147. The van der Waals surface area contributed by atoms with Crippen molar-refractivity contribution in [2.24, 2.45) is 5.92 Å². The van der Waals surface area contributed by atoms with Gasteiger partial charge in [0, 0.05) is 17.4 Å². The number of carbonyl (C=O) groups excluding carboxylic acids is 1. The Morgan fingerprint density at radius 2 is 2.12 bits per heavy atom. The normalized spacial score (nSPS) is 33.9. The van der Waals surface area contributed by atoms with Crippen molar-refractivity contribution in [2.75, 3.05) is 23.0 Å². The van der Waals surface area contributed by atoms with Gasteiger partial charge >= 0.3 is 5.97 Å². The molecule has 0 radical (unpaired) electrons. The Morgan fingerprint density at radius 1 is 1.31 bits per heavy atom. The number of amides is 1. The van der Waals surface area contributed by atoms with Gasteiger partial charge in [-0.3, -0.25) is 4.79 Å². The fraction of sp³-hybridized carbons (Fsp3) is 0.800. The summed E-state index contributed by atoms with van der Waals surface area (Å²) in [7, 11) is 0. The van der Waals surface area contributed by atoms with Gasteiger partial charge in [0.1, 0.15) is 5.54 Å². The molecule has 4 nitrogen and oxygen atoms in total. The van der Waals surface area contributed by atoms with Gasteiger partial charge in [0.2, 0.25) is 5.91 Å². The van der Waals surface area contributed by atoms with Crippen LogP contribution in [0.15, 0.2) is 0 Å². The molecular weight excluding hydrogens is 246 g/mol. The summed E-state index contributed by atoms with van der Waals surface area (Å²) in [4.78, 5) is 23.2. The summed E-state index contributed by atoms with van der Waals surface area (Å²) in [5.41, 5.74) is -1.00. The van der Waals surface area contributed by atoms with Gasteiger partial charge in [0.25, 0.3) is 0 Å². The van der Waals surface area contributed by atoms with E-state index in [0.717, 1.165) is 23.7 Å². The molecule has 2 fully saturated rings. The Balaban J connectivity index is 2.00. The van der Waals surface area contributed by atoms with Crippen molar-refractivity contribution in [3.05, 3.63) is 0 Å². The molecule has 2 N–H and O–H groups in total. The molecule has 2 aliphatic rings. The third kappa shape index (κ3) is 2.32. The second kappa shape index (κ2) is 4.87. The zero-order chi connectivity index (χ0) is 11.6. The lowest BCUT2D eigenvalue weighted by Gasteiger charge is -2.26. The van der Waals surface area contributed by atoms with E-state index in [4.69, 9.17) is 0 Å². The largest absolute Gasteiger partial charge is 0.479 e. The van der Waals surface area contributed by atoms with E-state index >= 15 is 0 Å². The lowest BCUT2D eigenvalue weighted by Crippen LogP contribution is -2.56. The summed E-state index contributed by atoms with van der Waals surface area (Å²) in [5.74, 6) is 2.18. The van der Waals surface area contributed by atoms with Crippen LogP contribution in [0.25, 0.3) is 0 Å². The minimum atomic E-state index is -1.00. The van der Waals surface area contributed by atoms with Crippen LogP contribution < -0.4 is 5.32 Å². The maximum absolute atomic E-state index is 11.9. The van der Waals surface area contributed by atoms with Crippen molar-refractivity contribution in [3.63, 3.8) is 0 Å². The predicted octanol–water partition coefficient (Wildman–Crippen LogP) is 0.816. The van der Waals surface area contributed by atoms with E-state index in [1.54, 1.807) is 23.5 Å². The van der Waals surface area contributed by atoms with Crippen LogP contribution in [0.3, 0.4) is 0 Å². The molecule has 90 valence electrons. The number of rotatable bonds is 3. The van der Waals surface area contributed by atoms with Crippen LogP contribution in [0.5, 0.6) is 0 Å². The van der Waals surface area contributed by atoms with Crippen LogP contribution in [-0.2, 0) is 9.59 Å². The highest BCUT2D eigenvalue weighted by molar-refractivity contribution is 7.99. The van der Waals surface area contributed by atoms with Gasteiger partial charge in [0.05, 0.1) is 0 Å². The van der Waals surface area contributed by atoms with Crippen molar-refractivity contribution in [2.45, 2.75) is 18.4 Å². The van der Waals surface area contributed by atoms with E-state index in [1.165, 1.54) is 0 Å². The minimum Gasteiger partial charge on any atom is -0.479 e. The van der Waals surface area contributed by atoms with Crippen molar-refractivity contribution >= 4 is 35.4 Å². The van der Waals surface area contributed by atoms with Crippen molar-refractivity contribution in [3.8, 4) is 0 Å². The highest BCUT2D eigenvalue weighted by atomic mass is 32.2. The predicted molar refractivity (Wildman–Crippen MR) is 65.9 cm³/mol. The molecule has 2 saturated heterocycles. The fourth-order valence-corrected chi connectivity index (χ4v) is 4.51. The summed E-state index contributed by atoms with van der Waals surface area (Å²) >= 11 is 3.36. The molecular formula is C10H15NO3S2. The maximum atomic E-state index is 11.9. The number of thioether (sulfide) groups is 2. The average molecular weight is 261 g/mol. The van der Waals surface area contributed by atoms with Gasteiger partial charge in [0.15, 0.2) is 0 Å². The summed E-state index contributed by atoms with van der Waals surface area (Å²) in [6.07, 6.45) is 1.41. The van der Waals surface area contributed by atoms with Crippen LogP contribution in [0.2, 0.25) is 0 Å². The Morgan fingerprint density at radius 3 is 2.62 bits per heavy atom. The molecule has 2 rings (SSSR count). The SMILES string of the molecule is O=C(NC1(C(=O)O)CCSC1)C1CCSC1.